The van der Waals surface area contributed by atoms with Gasteiger partial charge in [-0.2, -0.15) is 0 Å². The van der Waals surface area contributed by atoms with Crippen LogP contribution in [0.15, 0.2) is 82.6 Å². The first kappa shape index (κ1) is 31.5. The van der Waals surface area contributed by atoms with Crippen LogP contribution in [-0.4, -0.2) is 50.0 Å². The molecule has 0 saturated carbocycles. The molecule has 0 heterocycles. The van der Waals surface area contributed by atoms with Crippen LogP contribution in [0, 0.1) is 6.92 Å². The molecule has 10 heteroatoms. The molecule has 0 aliphatic rings. The summed E-state index contributed by atoms with van der Waals surface area (Å²) in [5.74, 6) is -0.819. The summed E-state index contributed by atoms with van der Waals surface area (Å²) in [4.78, 5) is 29.5. The van der Waals surface area contributed by atoms with E-state index in [0.717, 1.165) is 26.7 Å². The third-order valence-electron chi connectivity index (χ3n) is 6.68. The SMILES string of the molecule is CC[C@H](C)NC(=O)[C@@H](C)N(Cc1ccc(Cl)cc1)C(=O)CN(c1ccc(C)cc1)S(=O)(=O)c1ccc(SC)cc1. The molecule has 0 bridgehead atoms. The van der Waals surface area contributed by atoms with Gasteiger partial charge < -0.3 is 10.2 Å². The fraction of sp³-hybridized carbons (Fsp3) is 0.333. The molecule has 40 heavy (non-hydrogen) atoms. The number of aryl methyl sites for hydroxylation is 1. The number of carbonyl (C=O) groups excluding carboxylic acids is 2. The molecule has 0 spiro atoms. The highest BCUT2D eigenvalue weighted by atomic mass is 35.5. The van der Waals surface area contributed by atoms with Gasteiger partial charge in [-0.3, -0.25) is 13.9 Å². The number of nitrogens with zero attached hydrogens (tertiary/aromatic N) is 2. The van der Waals surface area contributed by atoms with Gasteiger partial charge in [-0.1, -0.05) is 48.4 Å². The van der Waals surface area contributed by atoms with Crippen molar-refractivity contribution in [3.8, 4) is 0 Å². The Morgan fingerprint density at radius 2 is 1.55 bits per heavy atom. The van der Waals surface area contributed by atoms with Crippen LogP contribution in [-0.2, 0) is 26.2 Å². The van der Waals surface area contributed by atoms with Crippen LogP contribution >= 0.6 is 23.4 Å². The molecule has 3 rings (SSSR count). The van der Waals surface area contributed by atoms with Gasteiger partial charge in [-0.15, -0.1) is 11.8 Å². The van der Waals surface area contributed by atoms with Crippen LogP contribution in [0.3, 0.4) is 0 Å². The molecule has 3 aromatic rings. The lowest BCUT2D eigenvalue weighted by Gasteiger charge is -2.32. The number of hydrogen-bond donors (Lipinski definition) is 1. The lowest BCUT2D eigenvalue weighted by atomic mass is 10.1. The molecule has 0 saturated heterocycles. The molecule has 0 fully saturated rings. The predicted octanol–water partition coefficient (Wildman–Crippen LogP) is 5.90. The van der Waals surface area contributed by atoms with Crippen molar-refractivity contribution in [2.45, 2.75) is 62.5 Å². The summed E-state index contributed by atoms with van der Waals surface area (Å²) in [6, 6.07) is 19.6. The fourth-order valence-corrected chi connectivity index (χ4v) is 5.90. The molecule has 0 radical (unpaired) electrons. The molecule has 2 atom stereocenters. The van der Waals surface area contributed by atoms with Crippen LogP contribution < -0.4 is 9.62 Å². The molecule has 7 nitrogen and oxygen atoms in total. The van der Waals surface area contributed by atoms with Crippen molar-refractivity contribution in [3.05, 3.63) is 88.9 Å². The second kappa shape index (κ2) is 14.1. The summed E-state index contributed by atoms with van der Waals surface area (Å²) >= 11 is 7.56. The summed E-state index contributed by atoms with van der Waals surface area (Å²) in [5.41, 5.74) is 2.07. The summed E-state index contributed by atoms with van der Waals surface area (Å²) in [6.45, 7) is 7.03. The molecule has 0 aliphatic carbocycles. The van der Waals surface area contributed by atoms with E-state index in [1.807, 2.05) is 27.0 Å². The van der Waals surface area contributed by atoms with Gasteiger partial charge in [-0.25, -0.2) is 8.42 Å². The van der Waals surface area contributed by atoms with Crippen molar-refractivity contribution >= 4 is 50.9 Å². The Morgan fingerprint density at radius 1 is 0.950 bits per heavy atom. The molecule has 0 aliphatic heterocycles. The normalized spacial score (nSPS) is 12.8. The van der Waals surface area contributed by atoms with Gasteiger partial charge in [0, 0.05) is 22.5 Å². The molecule has 0 unspecified atom stereocenters. The molecule has 3 aromatic carbocycles. The topological polar surface area (TPSA) is 86.8 Å². The lowest BCUT2D eigenvalue weighted by Crippen LogP contribution is -2.52. The van der Waals surface area contributed by atoms with E-state index >= 15 is 0 Å². The summed E-state index contributed by atoms with van der Waals surface area (Å²) in [6.07, 6.45) is 2.65. The van der Waals surface area contributed by atoms with E-state index in [1.54, 1.807) is 79.7 Å². The van der Waals surface area contributed by atoms with Crippen LogP contribution in [0.4, 0.5) is 5.69 Å². The number of hydrogen-bond acceptors (Lipinski definition) is 5. The van der Waals surface area contributed by atoms with E-state index in [2.05, 4.69) is 5.32 Å². The van der Waals surface area contributed by atoms with Crippen molar-refractivity contribution in [1.82, 2.24) is 10.2 Å². The molecule has 0 aromatic heterocycles. The van der Waals surface area contributed by atoms with Gasteiger partial charge in [0.25, 0.3) is 10.0 Å². The van der Waals surface area contributed by atoms with Crippen LogP contribution in [0.2, 0.25) is 5.02 Å². The zero-order chi connectivity index (χ0) is 29.4. The van der Waals surface area contributed by atoms with E-state index in [1.165, 1.54) is 16.7 Å². The number of benzene rings is 3. The average Bonchev–Trinajstić information content (AvgIpc) is 2.95. The van der Waals surface area contributed by atoms with E-state index in [9.17, 15) is 18.0 Å². The van der Waals surface area contributed by atoms with Gasteiger partial charge in [0.2, 0.25) is 11.8 Å². The Kier molecular flexibility index (Phi) is 11.1. The predicted molar refractivity (Wildman–Crippen MR) is 163 cm³/mol. The monoisotopic (exact) mass is 601 g/mol. The number of rotatable bonds is 12. The minimum Gasteiger partial charge on any atom is -0.352 e. The number of anilines is 1. The molecule has 1 N–H and O–H groups in total. The summed E-state index contributed by atoms with van der Waals surface area (Å²) < 4.78 is 28.9. The van der Waals surface area contributed by atoms with Gasteiger partial charge in [0.15, 0.2) is 0 Å². The maximum absolute atomic E-state index is 14.0. The fourth-order valence-electron chi connectivity index (χ4n) is 3.95. The summed E-state index contributed by atoms with van der Waals surface area (Å²) in [7, 11) is -4.11. The number of sulfonamides is 1. The van der Waals surface area contributed by atoms with Crippen LogP contribution in [0.25, 0.3) is 0 Å². The van der Waals surface area contributed by atoms with Crippen molar-refractivity contribution in [1.29, 1.82) is 0 Å². The Hall–Kier alpha value is -3.01. The highest BCUT2D eigenvalue weighted by molar-refractivity contribution is 7.98. The lowest BCUT2D eigenvalue weighted by molar-refractivity contribution is -0.139. The maximum Gasteiger partial charge on any atom is 0.264 e. The quantitative estimate of drug-likeness (QED) is 0.261. The Morgan fingerprint density at radius 3 is 2.10 bits per heavy atom. The first-order valence-corrected chi connectivity index (χ1v) is 16.1. The first-order chi connectivity index (χ1) is 19.0. The van der Waals surface area contributed by atoms with E-state index < -0.39 is 28.5 Å². The van der Waals surface area contributed by atoms with Crippen molar-refractivity contribution in [2.24, 2.45) is 0 Å². The minimum absolute atomic E-state index is 0.0730. The van der Waals surface area contributed by atoms with E-state index in [-0.39, 0.29) is 23.4 Å². The number of nitrogens with one attached hydrogen (secondary N) is 1. The third kappa shape index (κ3) is 8.02. The second-order valence-corrected chi connectivity index (χ2v) is 12.8. The molecular weight excluding hydrogens is 566 g/mol. The van der Waals surface area contributed by atoms with Crippen LogP contribution in [0.1, 0.15) is 38.3 Å². The van der Waals surface area contributed by atoms with Gasteiger partial charge in [0.1, 0.15) is 12.6 Å². The summed E-state index contributed by atoms with van der Waals surface area (Å²) in [5, 5.41) is 3.48. The van der Waals surface area contributed by atoms with Crippen molar-refractivity contribution < 1.29 is 18.0 Å². The Balaban J connectivity index is 2.01. The van der Waals surface area contributed by atoms with Gasteiger partial charge >= 0.3 is 0 Å². The smallest absolute Gasteiger partial charge is 0.264 e. The van der Waals surface area contributed by atoms with Crippen molar-refractivity contribution in [3.63, 3.8) is 0 Å². The number of carbonyl (C=O) groups is 2. The van der Waals surface area contributed by atoms with Crippen LogP contribution in [0.5, 0.6) is 0 Å². The third-order valence-corrected chi connectivity index (χ3v) is 9.47. The molecule has 2 amide bonds. The Labute approximate surface area is 247 Å². The largest absolute Gasteiger partial charge is 0.352 e. The average molecular weight is 602 g/mol. The number of thioether (sulfide) groups is 1. The van der Waals surface area contributed by atoms with Crippen molar-refractivity contribution in [2.75, 3.05) is 17.1 Å². The zero-order valence-electron chi connectivity index (χ0n) is 23.4. The zero-order valence-corrected chi connectivity index (χ0v) is 25.8. The standard InChI is InChI=1S/C30H36ClN3O4S2/c1-6-22(3)32-30(36)23(4)33(19-24-9-11-25(31)12-10-24)29(35)20-34(26-13-7-21(2)8-14-26)40(37,38)28-17-15-27(39-5)16-18-28/h7-18,22-23H,6,19-20H2,1-5H3,(H,32,36)/t22-,23+/m0/s1. The second-order valence-electron chi connectivity index (χ2n) is 9.66. The Bertz CT molecular complexity index is 1400. The maximum atomic E-state index is 14.0. The molecular formula is C30H36ClN3O4S2. The highest BCUT2D eigenvalue weighted by Gasteiger charge is 2.32. The van der Waals surface area contributed by atoms with Gasteiger partial charge in [0.05, 0.1) is 10.6 Å². The number of amides is 2. The van der Waals surface area contributed by atoms with E-state index in [0.29, 0.717) is 10.7 Å². The highest BCUT2D eigenvalue weighted by Crippen LogP contribution is 2.26. The number of halogens is 1. The van der Waals surface area contributed by atoms with Gasteiger partial charge in [-0.05, 0) is 87.5 Å². The minimum atomic E-state index is -4.11. The first-order valence-electron chi connectivity index (χ1n) is 13.0. The van der Waals surface area contributed by atoms with E-state index in [4.69, 9.17) is 11.6 Å². The molecule has 214 valence electrons.